The number of rotatable bonds is 8. The lowest BCUT2D eigenvalue weighted by molar-refractivity contribution is 0.443. The highest BCUT2D eigenvalue weighted by molar-refractivity contribution is 7.51. The minimum Gasteiger partial charge on any atom is -0.311 e. The molecule has 258 valence electrons. The highest BCUT2D eigenvalue weighted by atomic mass is 31.1. The Labute approximate surface area is 314 Å². The molecule has 0 saturated heterocycles. The van der Waals surface area contributed by atoms with Crippen LogP contribution in [0.2, 0.25) is 0 Å². The Kier molecular flexibility index (Phi) is 8.70. The summed E-state index contributed by atoms with van der Waals surface area (Å²) in [5, 5.41) is 0. The molecule has 0 aromatic heterocycles. The van der Waals surface area contributed by atoms with Gasteiger partial charge in [-0.05, 0) is 137 Å². The molecule has 5 heteroatoms. The largest absolute Gasteiger partial charge is 0.311 e. The van der Waals surface area contributed by atoms with Crippen molar-refractivity contribution in [3.05, 3.63) is 125 Å². The van der Waals surface area contributed by atoms with Gasteiger partial charge in [0.1, 0.15) is 0 Å². The van der Waals surface area contributed by atoms with E-state index < -0.39 is 0 Å². The summed E-state index contributed by atoms with van der Waals surface area (Å²) in [6.07, 6.45) is 19.8. The average Bonchev–Trinajstić information content (AvgIpc) is 4.03. The highest BCUT2D eigenvalue weighted by Gasteiger charge is 2.43. The molecule has 0 radical (unpaired) electrons. The van der Waals surface area contributed by atoms with E-state index in [1.165, 1.54) is 145 Å². The van der Waals surface area contributed by atoms with Crippen LogP contribution in [0.1, 0.15) is 98.3 Å². The van der Waals surface area contributed by atoms with Gasteiger partial charge in [-0.25, -0.2) is 0 Å². The third kappa shape index (κ3) is 5.90. The topological polar surface area (TPSA) is 6.48 Å². The predicted octanol–water partition coefficient (Wildman–Crippen LogP) is 11.4. The van der Waals surface area contributed by atoms with Crippen LogP contribution in [0.3, 0.4) is 0 Å². The van der Waals surface area contributed by atoms with Crippen molar-refractivity contribution in [2.24, 2.45) is 0 Å². The minimum absolute atomic E-state index is 0.161. The quantitative estimate of drug-likeness (QED) is 0.114. The molecule has 5 aliphatic rings. The van der Waals surface area contributed by atoms with Gasteiger partial charge in [-0.3, -0.25) is 0 Å². The summed E-state index contributed by atoms with van der Waals surface area (Å²) in [5.41, 5.74) is 18.6. The van der Waals surface area contributed by atoms with E-state index in [4.69, 9.17) is 0 Å². The van der Waals surface area contributed by atoms with Gasteiger partial charge in [0.2, 0.25) is 0 Å². The maximum Gasteiger partial charge on any atom is 0.252 e. The predicted molar refractivity (Wildman–Crippen MR) is 230 cm³/mol. The monoisotopic (exact) mass is 712 g/mol. The Hall–Kier alpha value is -3.90. The third-order valence-electron chi connectivity index (χ3n) is 12.7. The van der Waals surface area contributed by atoms with Crippen LogP contribution in [0.25, 0.3) is 0 Å². The van der Waals surface area contributed by atoms with Gasteiger partial charge in [-0.2, -0.15) is 0 Å². The SMILES string of the molecule is C=PCc1ccc2c(c1)B1c3cc(CC4C=P4)ccc3N(c3ccc(C4CCCCC4)cc3)c3cccc(c31)N2c1ccc(C2CCCCC2)cc1. The summed E-state index contributed by atoms with van der Waals surface area (Å²) < 4.78 is 0. The first-order valence-electron chi connectivity index (χ1n) is 19.9. The fourth-order valence-electron chi connectivity index (χ4n) is 10.0. The normalized spacial score (nSPS) is 19.7. The molecule has 0 amide bonds. The average molecular weight is 713 g/mol. The van der Waals surface area contributed by atoms with Crippen LogP contribution in [0.5, 0.6) is 0 Å². The molecule has 0 bridgehead atoms. The molecule has 0 spiro atoms. The molecule has 2 fully saturated rings. The fourth-order valence-corrected chi connectivity index (χ4v) is 11.0. The first-order chi connectivity index (χ1) is 25.7. The van der Waals surface area contributed by atoms with Gasteiger partial charge >= 0.3 is 0 Å². The van der Waals surface area contributed by atoms with Crippen LogP contribution < -0.4 is 26.2 Å². The summed E-state index contributed by atoms with van der Waals surface area (Å²) in [7, 11) is 2.65. The van der Waals surface area contributed by atoms with Crippen molar-refractivity contribution in [2.45, 2.75) is 94.3 Å². The van der Waals surface area contributed by atoms with Crippen LogP contribution in [0, 0.1) is 0 Å². The standard InChI is InChI=1S/C47H47BN2P2/c1-51-30-33-16-26-44-42(29-33)48-41-28-32(27-40-31-52-40)15-25-43(41)49(38-21-17-36(18-22-38)34-9-4-2-5-10-34)45-13-8-14-46(47(45)48)50(44)39-23-19-37(20-24-39)35-11-6-3-7-12-35/h8,13-26,28-29,31,34-35,40H,1-7,9-12,27,30H2. The molecule has 3 aliphatic heterocycles. The van der Waals surface area contributed by atoms with Crippen molar-refractivity contribution < 1.29 is 0 Å². The Morgan fingerprint density at radius 1 is 0.596 bits per heavy atom. The Morgan fingerprint density at radius 3 is 1.60 bits per heavy atom. The minimum atomic E-state index is 0.161. The van der Waals surface area contributed by atoms with E-state index in [1.807, 2.05) is 0 Å². The molecule has 0 N–H and O–H groups in total. The lowest BCUT2D eigenvalue weighted by Crippen LogP contribution is -2.61. The van der Waals surface area contributed by atoms with Gasteiger partial charge in [-0.15, -0.1) is 8.20 Å². The lowest BCUT2D eigenvalue weighted by Gasteiger charge is -2.44. The van der Waals surface area contributed by atoms with E-state index in [9.17, 15) is 0 Å². The van der Waals surface area contributed by atoms with Gasteiger partial charge in [0.15, 0.2) is 0 Å². The molecule has 2 nitrogen and oxygen atoms in total. The molecular weight excluding hydrogens is 665 g/mol. The maximum atomic E-state index is 4.21. The van der Waals surface area contributed by atoms with Gasteiger partial charge in [-0.1, -0.05) is 108 Å². The van der Waals surface area contributed by atoms with Gasteiger partial charge < -0.3 is 9.80 Å². The van der Waals surface area contributed by atoms with Crippen LogP contribution in [0.15, 0.2) is 103 Å². The molecule has 3 heterocycles. The Morgan fingerprint density at radius 2 is 1.10 bits per heavy atom. The van der Waals surface area contributed by atoms with E-state index in [0.29, 0.717) is 17.5 Å². The molecule has 5 aromatic carbocycles. The van der Waals surface area contributed by atoms with Crippen LogP contribution >= 0.6 is 16.4 Å². The van der Waals surface area contributed by atoms with Crippen LogP contribution in [-0.2, 0) is 12.6 Å². The van der Waals surface area contributed by atoms with E-state index in [0.717, 1.165) is 20.8 Å². The number of fused-ring (bicyclic) bond motifs is 4. The van der Waals surface area contributed by atoms with Crippen molar-refractivity contribution in [1.82, 2.24) is 0 Å². The van der Waals surface area contributed by atoms with Crippen LogP contribution in [0.4, 0.5) is 34.1 Å². The third-order valence-corrected chi connectivity index (χ3v) is 14.2. The zero-order chi connectivity index (χ0) is 34.6. The summed E-state index contributed by atoms with van der Waals surface area (Å²) in [6, 6.07) is 41.0. The number of hydrogen-bond acceptors (Lipinski definition) is 2. The van der Waals surface area contributed by atoms with Crippen molar-refractivity contribution in [2.75, 3.05) is 9.80 Å². The summed E-state index contributed by atoms with van der Waals surface area (Å²) in [5.74, 6) is 3.84. The lowest BCUT2D eigenvalue weighted by atomic mass is 9.33. The fraction of sp³-hybridized carbons (Fsp3) is 0.319. The molecule has 1 unspecified atom stereocenters. The number of nitrogens with zero attached hydrogens (tertiary/aromatic N) is 2. The molecule has 1 atom stereocenters. The zero-order valence-corrected chi connectivity index (χ0v) is 32.0. The summed E-state index contributed by atoms with van der Waals surface area (Å²) in [4.78, 5) is 5.15. The van der Waals surface area contributed by atoms with Crippen molar-refractivity contribution in [3.8, 4) is 0 Å². The number of hydrogen-bond donors (Lipinski definition) is 0. The molecule has 10 rings (SSSR count). The van der Waals surface area contributed by atoms with Gasteiger partial charge in [0.05, 0.1) is 0 Å². The Bertz CT molecular complexity index is 2140. The van der Waals surface area contributed by atoms with Crippen LogP contribution in [-0.4, -0.2) is 24.5 Å². The molecule has 2 aliphatic carbocycles. The summed E-state index contributed by atoms with van der Waals surface area (Å²) >= 11 is 0. The maximum absolute atomic E-state index is 4.21. The molecule has 2 saturated carbocycles. The van der Waals surface area contributed by atoms with E-state index in [1.54, 1.807) is 0 Å². The number of anilines is 6. The van der Waals surface area contributed by atoms with Crippen molar-refractivity contribution in [3.63, 3.8) is 0 Å². The summed E-state index contributed by atoms with van der Waals surface area (Å²) in [6.45, 7) is 0.161. The first kappa shape index (κ1) is 32.7. The van der Waals surface area contributed by atoms with E-state index >= 15 is 0 Å². The smallest absolute Gasteiger partial charge is 0.252 e. The van der Waals surface area contributed by atoms with Crippen molar-refractivity contribution >= 4 is 85.7 Å². The highest BCUT2D eigenvalue weighted by Crippen LogP contribution is 2.45. The Balaban J connectivity index is 1.15. The first-order valence-corrected chi connectivity index (χ1v) is 22.2. The molecule has 52 heavy (non-hydrogen) atoms. The van der Waals surface area contributed by atoms with Crippen molar-refractivity contribution in [1.29, 1.82) is 0 Å². The molecule has 5 aromatic rings. The second-order valence-electron chi connectivity index (χ2n) is 15.9. The van der Waals surface area contributed by atoms with E-state index in [2.05, 4.69) is 125 Å². The van der Waals surface area contributed by atoms with E-state index in [-0.39, 0.29) is 6.71 Å². The second-order valence-corrected chi connectivity index (χ2v) is 17.9. The van der Waals surface area contributed by atoms with Gasteiger partial charge in [0, 0.05) is 45.9 Å². The second kappa shape index (κ2) is 13.8. The van der Waals surface area contributed by atoms with Gasteiger partial charge in [0.25, 0.3) is 6.71 Å². The molecular formula is C47H47BN2P2. The zero-order valence-electron chi connectivity index (χ0n) is 30.2. The number of benzene rings is 5.